The Bertz CT molecular complexity index is 1180. The summed E-state index contributed by atoms with van der Waals surface area (Å²) in [6.07, 6.45) is 1.00. The Morgan fingerprint density at radius 1 is 1.00 bits per heavy atom. The van der Waals surface area contributed by atoms with Crippen LogP contribution in [0.3, 0.4) is 0 Å². The number of nitro groups is 2. The van der Waals surface area contributed by atoms with Gasteiger partial charge in [0, 0.05) is 17.3 Å². The van der Waals surface area contributed by atoms with Crippen molar-refractivity contribution in [2.45, 2.75) is 0 Å². The number of amides is 1. The molecular weight excluding hydrogens is 437 g/mol. The Balaban J connectivity index is 1.82. The van der Waals surface area contributed by atoms with E-state index in [2.05, 4.69) is 26.1 Å². The van der Waals surface area contributed by atoms with Crippen molar-refractivity contribution in [1.82, 2.24) is 15.4 Å². The number of nitrogens with one attached hydrogen (secondary N) is 3. The number of rotatable bonds is 7. The van der Waals surface area contributed by atoms with E-state index in [4.69, 9.17) is 11.6 Å². The number of nitro benzene ring substituents is 1. The molecule has 0 aliphatic carbocycles. The summed E-state index contributed by atoms with van der Waals surface area (Å²) in [7, 11) is 0. The van der Waals surface area contributed by atoms with Crippen molar-refractivity contribution >= 4 is 46.2 Å². The molecule has 158 valence electrons. The monoisotopic (exact) mass is 447 g/mol. The number of carbonyl (C=O) groups is 1. The molecule has 12 nitrogen and oxygen atoms in total. The summed E-state index contributed by atoms with van der Waals surface area (Å²) in [4.78, 5) is 40.8. The second-order valence-corrected chi connectivity index (χ2v) is 6.22. The number of halogens is 2. The summed E-state index contributed by atoms with van der Waals surface area (Å²) in [5.41, 5.74) is 3.59. The predicted octanol–water partition coefficient (Wildman–Crippen LogP) is 3.59. The van der Waals surface area contributed by atoms with Crippen LogP contribution < -0.4 is 16.2 Å². The molecular formula is C17H11ClFN7O5. The van der Waals surface area contributed by atoms with Gasteiger partial charge in [-0.25, -0.2) is 14.4 Å². The average molecular weight is 448 g/mol. The molecule has 0 spiro atoms. The lowest BCUT2D eigenvalue weighted by atomic mass is 10.2. The molecule has 1 aromatic heterocycles. The van der Waals surface area contributed by atoms with Gasteiger partial charge in [0.05, 0.1) is 9.85 Å². The largest absolute Gasteiger partial charge is 0.355 e. The third-order valence-electron chi connectivity index (χ3n) is 3.81. The van der Waals surface area contributed by atoms with E-state index < -0.39 is 32.9 Å². The van der Waals surface area contributed by atoms with Crippen LogP contribution in [0.1, 0.15) is 10.4 Å². The minimum atomic E-state index is -0.833. The van der Waals surface area contributed by atoms with E-state index in [9.17, 15) is 29.4 Å². The van der Waals surface area contributed by atoms with Gasteiger partial charge in [-0.15, -0.1) is 0 Å². The predicted molar refractivity (Wildman–Crippen MR) is 108 cm³/mol. The maximum Gasteiger partial charge on any atom is 0.355 e. The Kier molecular flexibility index (Phi) is 6.16. The summed E-state index contributed by atoms with van der Waals surface area (Å²) >= 11 is 5.71. The van der Waals surface area contributed by atoms with E-state index in [0.717, 1.165) is 24.5 Å². The highest BCUT2D eigenvalue weighted by Gasteiger charge is 2.24. The molecule has 0 atom stereocenters. The summed E-state index contributed by atoms with van der Waals surface area (Å²) in [6.45, 7) is 0. The van der Waals surface area contributed by atoms with Crippen molar-refractivity contribution in [2.75, 3.05) is 10.7 Å². The van der Waals surface area contributed by atoms with Gasteiger partial charge in [-0.1, -0.05) is 11.6 Å². The number of hydrogen-bond donors (Lipinski definition) is 3. The fraction of sp³-hybridized carbons (Fsp3) is 0. The minimum absolute atomic E-state index is 0.120. The molecule has 1 amide bonds. The first-order chi connectivity index (χ1) is 14.8. The molecule has 0 saturated carbocycles. The highest BCUT2D eigenvalue weighted by Crippen LogP contribution is 2.31. The minimum Gasteiger partial charge on any atom is -0.334 e. The van der Waals surface area contributed by atoms with Crippen molar-refractivity contribution in [2.24, 2.45) is 0 Å². The molecule has 3 aromatic rings. The van der Waals surface area contributed by atoms with Crippen LogP contribution in [-0.4, -0.2) is 25.7 Å². The Labute approximate surface area is 177 Å². The van der Waals surface area contributed by atoms with Crippen LogP contribution in [-0.2, 0) is 0 Å². The van der Waals surface area contributed by atoms with Crippen LogP contribution in [0, 0.1) is 26.0 Å². The lowest BCUT2D eigenvalue weighted by Crippen LogP contribution is -2.30. The molecule has 0 radical (unpaired) electrons. The van der Waals surface area contributed by atoms with Gasteiger partial charge in [-0.3, -0.25) is 35.9 Å². The Hall–Kier alpha value is -4.39. The van der Waals surface area contributed by atoms with Gasteiger partial charge in [0.15, 0.2) is 0 Å². The van der Waals surface area contributed by atoms with Crippen LogP contribution in [0.5, 0.6) is 0 Å². The number of aromatic nitrogens is 2. The second-order valence-electron chi connectivity index (χ2n) is 5.81. The van der Waals surface area contributed by atoms with Crippen LogP contribution in [0.2, 0.25) is 5.02 Å². The van der Waals surface area contributed by atoms with Gasteiger partial charge in [0.2, 0.25) is 11.6 Å². The first-order valence-electron chi connectivity index (χ1n) is 8.28. The van der Waals surface area contributed by atoms with E-state index in [1.54, 1.807) is 0 Å². The molecule has 0 fully saturated rings. The van der Waals surface area contributed by atoms with Crippen molar-refractivity contribution in [3.05, 3.63) is 85.4 Å². The summed E-state index contributed by atoms with van der Waals surface area (Å²) < 4.78 is 13.0. The third kappa shape index (κ3) is 4.97. The van der Waals surface area contributed by atoms with Gasteiger partial charge in [0.25, 0.3) is 11.6 Å². The van der Waals surface area contributed by atoms with Crippen molar-refractivity contribution in [3.63, 3.8) is 0 Å². The molecule has 0 aliphatic heterocycles. The fourth-order valence-electron chi connectivity index (χ4n) is 2.39. The number of carbonyl (C=O) groups excluding carboxylic acids is 1. The first-order valence-corrected chi connectivity index (χ1v) is 8.66. The molecule has 0 saturated heterocycles. The van der Waals surface area contributed by atoms with Crippen molar-refractivity contribution in [1.29, 1.82) is 0 Å². The zero-order valence-electron chi connectivity index (χ0n) is 15.2. The molecule has 1 heterocycles. The van der Waals surface area contributed by atoms with Crippen LogP contribution in [0.4, 0.5) is 33.1 Å². The van der Waals surface area contributed by atoms with E-state index >= 15 is 0 Å². The summed E-state index contributed by atoms with van der Waals surface area (Å²) in [5.74, 6) is -1.90. The highest BCUT2D eigenvalue weighted by molar-refractivity contribution is 6.32. The second kappa shape index (κ2) is 8.96. The van der Waals surface area contributed by atoms with Gasteiger partial charge in [-0.2, -0.15) is 0 Å². The van der Waals surface area contributed by atoms with Crippen LogP contribution in [0.25, 0.3) is 0 Å². The molecule has 14 heteroatoms. The molecule has 31 heavy (non-hydrogen) atoms. The quantitative estimate of drug-likeness (QED) is 0.362. The molecule has 3 rings (SSSR count). The average Bonchev–Trinajstić information content (AvgIpc) is 2.73. The maximum atomic E-state index is 13.0. The molecule has 0 aliphatic rings. The molecule has 3 N–H and O–H groups in total. The standard InChI is InChI=1S/C17H11ClFN7O5/c18-12-6-1-9(7-13(12)25(28)29)17(27)24-23-16-14(26(30)31)15(20-8-21-16)22-11-4-2-10(19)3-5-11/h1-8H,(H,24,27)(H2,20,21,22,23). The zero-order valence-corrected chi connectivity index (χ0v) is 16.0. The lowest BCUT2D eigenvalue weighted by Gasteiger charge is -2.11. The summed E-state index contributed by atoms with van der Waals surface area (Å²) in [6, 6.07) is 8.37. The van der Waals surface area contributed by atoms with Gasteiger partial charge >= 0.3 is 5.69 Å². The van der Waals surface area contributed by atoms with Crippen LogP contribution in [0.15, 0.2) is 48.8 Å². The normalized spacial score (nSPS) is 10.3. The Morgan fingerprint density at radius 3 is 2.32 bits per heavy atom. The van der Waals surface area contributed by atoms with E-state index in [0.29, 0.717) is 5.69 Å². The number of hydrazine groups is 1. The summed E-state index contributed by atoms with van der Waals surface area (Å²) in [5, 5.41) is 25.0. The number of hydrogen-bond acceptors (Lipinski definition) is 9. The number of anilines is 3. The SMILES string of the molecule is O=C(NNc1ncnc(Nc2ccc(F)cc2)c1[N+](=O)[O-])c1ccc(Cl)c([N+](=O)[O-])c1. The molecule has 0 unspecified atom stereocenters. The van der Waals surface area contributed by atoms with Crippen LogP contribution >= 0.6 is 11.6 Å². The Morgan fingerprint density at radius 2 is 1.68 bits per heavy atom. The molecule has 0 bridgehead atoms. The van der Waals surface area contributed by atoms with E-state index in [1.165, 1.54) is 24.3 Å². The van der Waals surface area contributed by atoms with Gasteiger partial charge in [-0.05, 0) is 36.4 Å². The molecule has 2 aromatic carbocycles. The maximum absolute atomic E-state index is 13.0. The zero-order chi connectivity index (χ0) is 22.5. The lowest BCUT2D eigenvalue weighted by molar-refractivity contribution is -0.384. The number of benzene rings is 2. The smallest absolute Gasteiger partial charge is 0.334 e. The van der Waals surface area contributed by atoms with Crippen molar-refractivity contribution < 1.29 is 19.0 Å². The van der Waals surface area contributed by atoms with Gasteiger partial charge < -0.3 is 5.32 Å². The van der Waals surface area contributed by atoms with E-state index in [1.807, 2.05) is 0 Å². The number of nitrogens with zero attached hydrogens (tertiary/aromatic N) is 4. The highest BCUT2D eigenvalue weighted by atomic mass is 35.5. The van der Waals surface area contributed by atoms with E-state index in [-0.39, 0.29) is 22.2 Å². The fourth-order valence-corrected chi connectivity index (χ4v) is 2.57. The third-order valence-corrected chi connectivity index (χ3v) is 4.13. The van der Waals surface area contributed by atoms with Crippen molar-refractivity contribution in [3.8, 4) is 0 Å². The topological polar surface area (TPSA) is 165 Å². The van der Waals surface area contributed by atoms with Gasteiger partial charge in [0.1, 0.15) is 17.2 Å². The first kappa shape index (κ1) is 21.3.